The van der Waals surface area contributed by atoms with Crippen molar-refractivity contribution in [1.29, 1.82) is 0 Å². The fourth-order valence-corrected chi connectivity index (χ4v) is 4.77. The van der Waals surface area contributed by atoms with Crippen molar-refractivity contribution in [2.75, 3.05) is 37.1 Å². The van der Waals surface area contributed by atoms with Gasteiger partial charge in [0, 0.05) is 0 Å². The molecule has 0 aromatic heterocycles. The first-order chi connectivity index (χ1) is 11.6. The fraction of sp³-hybridized carbons (Fsp3) is 1.00. The molecule has 0 bridgehead atoms. The molecule has 0 saturated heterocycles. The van der Waals surface area contributed by atoms with Crippen molar-refractivity contribution < 1.29 is 145 Å². The smallest absolute Gasteiger partial charge is 1.00 e. The van der Waals surface area contributed by atoms with Crippen LogP contribution in [0.15, 0.2) is 0 Å². The summed E-state index contributed by atoms with van der Waals surface area (Å²) in [5, 5.41) is 0. The second-order valence-electron chi connectivity index (χ2n) is 4.87. The Kier molecular flexibility index (Phi) is 25.3. The molecule has 0 aromatic carbocycles. The molecule has 12 nitrogen and oxygen atoms in total. The van der Waals surface area contributed by atoms with E-state index in [0.717, 1.165) is 0 Å². The van der Waals surface area contributed by atoms with Crippen LogP contribution in [0.25, 0.3) is 0 Å². The van der Waals surface area contributed by atoms with Gasteiger partial charge in [0.25, 0.3) is 30.4 Å². The Bertz CT molecular complexity index is 695. The number of hydrogen-bond donors (Lipinski definition) is 3. The van der Waals surface area contributed by atoms with E-state index < -0.39 is 54.3 Å². The van der Waals surface area contributed by atoms with Gasteiger partial charge in [-0.05, 0) is 31.1 Å². The Morgan fingerprint density at radius 2 is 0.828 bits per heavy atom. The zero-order valence-electron chi connectivity index (χ0n) is 19.5. The van der Waals surface area contributed by atoms with Crippen molar-refractivity contribution in [3.8, 4) is 0 Å². The monoisotopic (exact) mass is 552 g/mol. The van der Waals surface area contributed by atoms with Gasteiger partial charge < -0.3 is 17.9 Å². The molecule has 0 fully saturated rings. The number of rotatable bonds is 15. The summed E-state index contributed by atoms with van der Waals surface area (Å²) in [5.74, 6) is -1.77. The van der Waals surface area contributed by atoms with E-state index in [1.165, 1.54) is 0 Å². The maximum Gasteiger partial charge on any atom is 1.00 e. The summed E-state index contributed by atoms with van der Waals surface area (Å²) in [5.41, 5.74) is 0. The van der Waals surface area contributed by atoms with E-state index in [0.29, 0.717) is 0 Å². The summed E-state index contributed by atoms with van der Waals surface area (Å²) in [6, 6.07) is 0. The summed E-state index contributed by atoms with van der Waals surface area (Å²) in [6.07, 6.45) is -0.375. The van der Waals surface area contributed by atoms with Crippen LogP contribution in [0, 0.1) is 0 Å². The predicted octanol–water partition coefficient (Wildman–Crippen LogP) is -8.56. The van der Waals surface area contributed by atoms with Gasteiger partial charge in [0.2, 0.25) is 0 Å². The molecule has 0 saturated carbocycles. The Hall–Kier alpha value is 3.26. The summed E-state index contributed by atoms with van der Waals surface area (Å²) in [4.78, 5) is 0. The Balaban J connectivity index is -0.000000208. The molecule has 0 aliphatic carbocycles. The van der Waals surface area contributed by atoms with Crippen LogP contribution in [-0.2, 0) is 55.7 Å². The molecule has 0 unspecified atom stereocenters. The van der Waals surface area contributed by atoms with E-state index in [4.69, 9.17) is 39.0 Å². The van der Waals surface area contributed by atoms with Crippen LogP contribution < -0.4 is 88.7 Å². The molecule has 20 heteroatoms. The first-order valence-electron chi connectivity index (χ1n) is 7.01. The average Bonchev–Trinajstić information content (AvgIpc) is 2.42. The van der Waals surface area contributed by atoms with Gasteiger partial charge >= 0.3 is 95.4 Å². The van der Waals surface area contributed by atoms with E-state index in [1.807, 2.05) is 0 Å². The van der Waals surface area contributed by atoms with Gasteiger partial charge in [-0.15, -0.1) is 0 Å². The van der Waals surface area contributed by atoms with Gasteiger partial charge in [-0.3, -0.25) is 13.7 Å². The largest absolute Gasteiger partial charge is 1.00 e. The van der Waals surface area contributed by atoms with Crippen LogP contribution in [0.2, 0.25) is 0 Å². The van der Waals surface area contributed by atoms with Crippen LogP contribution in [0.4, 0.5) is 0 Å². The van der Waals surface area contributed by atoms with E-state index in [9.17, 15) is 25.3 Å². The topological polar surface area (TPSA) is 191 Å². The van der Waals surface area contributed by atoms with Crippen molar-refractivity contribution in [2.24, 2.45) is 0 Å². The molecule has 0 aromatic rings. The molecule has 0 aliphatic rings. The van der Waals surface area contributed by atoms with Gasteiger partial charge in [0.05, 0.1) is 37.1 Å². The van der Waals surface area contributed by atoms with Gasteiger partial charge in [-0.1, -0.05) is 0 Å². The van der Waals surface area contributed by atoms with Crippen molar-refractivity contribution >= 4 is 48.9 Å². The SMILES string of the molecule is O=S(=O)(O)CCCOP(=S)(OCCCS(=O)(=O)O)OCCCS(=O)(=O)O.[H-].[H-].[H-].[Na+].[Na+].[Na+]. The standard InChI is InChI=1S/C9H21O12PS4.3Na.3H/c10-24(11,12)7-1-4-19-22(23,20-5-2-8-25(13,14)15)21-6-3-9-26(16,17)18;;;;;;/h1-9H2,(H,10,11,12)(H,13,14,15)(H,16,17,18);;;;;;/q;3*+1;3*-1. The first kappa shape index (κ1) is 39.5. The molecule has 0 spiro atoms. The summed E-state index contributed by atoms with van der Waals surface area (Å²) in [6.45, 7) is -4.23. The van der Waals surface area contributed by atoms with Gasteiger partial charge in [0.15, 0.2) is 0 Å². The van der Waals surface area contributed by atoms with Crippen molar-refractivity contribution in [3.05, 3.63) is 0 Å². The molecule has 0 aliphatic heterocycles. The first-order valence-corrected chi connectivity index (χ1v) is 14.4. The van der Waals surface area contributed by atoms with Crippen LogP contribution in [0.1, 0.15) is 23.5 Å². The molecule has 164 valence electrons. The zero-order chi connectivity index (χ0) is 20.5. The second kappa shape index (κ2) is 18.6. The molecular formula is C9H24Na3O12PS4. The predicted molar refractivity (Wildman–Crippen MR) is 98.6 cm³/mol. The van der Waals surface area contributed by atoms with E-state index in [1.54, 1.807) is 0 Å². The maximum atomic E-state index is 10.6. The Morgan fingerprint density at radius 3 is 1.00 bits per heavy atom. The van der Waals surface area contributed by atoms with Crippen LogP contribution in [0.3, 0.4) is 0 Å². The maximum absolute atomic E-state index is 10.6. The van der Waals surface area contributed by atoms with Gasteiger partial charge in [0.1, 0.15) is 0 Å². The van der Waals surface area contributed by atoms with Gasteiger partial charge in [-0.25, -0.2) is 0 Å². The van der Waals surface area contributed by atoms with Crippen LogP contribution in [0.5, 0.6) is 0 Å². The van der Waals surface area contributed by atoms with E-state index in [-0.39, 0.29) is 132 Å². The third kappa shape index (κ3) is 29.2. The van der Waals surface area contributed by atoms with Crippen molar-refractivity contribution in [3.63, 3.8) is 0 Å². The molecule has 0 heterocycles. The van der Waals surface area contributed by atoms with Gasteiger partial charge in [-0.2, -0.15) is 25.3 Å². The average molecular weight is 552 g/mol. The van der Waals surface area contributed by atoms with Crippen LogP contribution >= 0.6 is 6.72 Å². The zero-order valence-corrected chi connectivity index (χ0v) is 26.6. The summed E-state index contributed by atoms with van der Waals surface area (Å²) >= 11 is 5.03. The van der Waals surface area contributed by atoms with E-state index in [2.05, 4.69) is 0 Å². The van der Waals surface area contributed by atoms with E-state index >= 15 is 0 Å². The molecular weight excluding hydrogens is 528 g/mol. The van der Waals surface area contributed by atoms with Crippen molar-refractivity contribution in [1.82, 2.24) is 0 Å². The summed E-state index contributed by atoms with van der Waals surface area (Å²) in [7, 11) is -12.6. The second-order valence-corrected chi connectivity index (χ2v) is 12.6. The molecule has 0 rings (SSSR count). The quantitative estimate of drug-likeness (QED) is 0.0752. The van der Waals surface area contributed by atoms with Crippen molar-refractivity contribution in [2.45, 2.75) is 19.3 Å². The fourth-order valence-electron chi connectivity index (χ4n) is 1.36. The molecule has 3 N–H and O–H groups in total. The molecule has 0 radical (unpaired) electrons. The third-order valence-electron chi connectivity index (χ3n) is 2.39. The molecule has 0 amide bonds. The summed E-state index contributed by atoms with van der Waals surface area (Å²) < 4.78 is 105. The minimum Gasteiger partial charge on any atom is -1.00 e. The minimum absolute atomic E-state index is 0. The van der Waals surface area contributed by atoms with Crippen LogP contribution in [-0.4, -0.2) is 76.0 Å². The molecule has 29 heavy (non-hydrogen) atoms. The Labute approximate surface area is 247 Å². The normalized spacial score (nSPS) is 12.4. The molecule has 0 atom stereocenters. The minimum atomic E-state index is -4.19. The Morgan fingerprint density at radius 1 is 0.621 bits per heavy atom. The third-order valence-corrected chi connectivity index (χ3v) is 7.25. The number of hydrogen-bond acceptors (Lipinski definition) is 10.